The number of likely N-dealkylation sites (tertiary alicyclic amines) is 1. The first-order valence-electron chi connectivity index (χ1n) is 14.3. The van der Waals surface area contributed by atoms with Gasteiger partial charge in [-0.15, -0.1) is 11.3 Å². The highest BCUT2D eigenvalue weighted by molar-refractivity contribution is 7.14. The third-order valence-electron chi connectivity index (χ3n) is 7.90. The summed E-state index contributed by atoms with van der Waals surface area (Å²) in [6.45, 7) is 4.27. The number of hydrogen-bond acceptors (Lipinski definition) is 6. The van der Waals surface area contributed by atoms with Crippen molar-refractivity contribution < 1.29 is 19.4 Å². The molecule has 0 spiro atoms. The van der Waals surface area contributed by atoms with E-state index in [4.69, 9.17) is 16.3 Å². The number of ether oxygens (including phenoxy) is 1. The zero-order valence-electron chi connectivity index (χ0n) is 24.0. The van der Waals surface area contributed by atoms with Crippen molar-refractivity contribution in [2.24, 2.45) is 5.92 Å². The summed E-state index contributed by atoms with van der Waals surface area (Å²) in [6.07, 6.45) is 2.84. The van der Waals surface area contributed by atoms with Crippen molar-refractivity contribution in [2.75, 3.05) is 33.8 Å². The highest BCUT2D eigenvalue weighted by Crippen LogP contribution is 2.46. The molecule has 2 atom stereocenters. The number of carbonyl (C=O) groups excluding carboxylic acids is 2. The molecule has 1 fully saturated rings. The van der Waals surface area contributed by atoms with E-state index in [1.54, 1.807) is 0 Å². The van der Waals surface area contributed by atoms with Gasteiger partial charge in [0.2, 0.25) is 0 Å². The number of thiophene rings is 1. The molecule has 2 heterocycles. The van der Waals surface area contributed by atoms with E-state index in [-0.39, 0.29) is 11.8 Å². The van der Waals surface area contributed by atoms with Crippen LogP contribution in [0.3, 0.4) is 0 Å². The summed E-state index contributed by atoms with van der Waals surface area (Å²) in [5.74, 6) is -0.222. The largest absolute Gasteiger partial charge is 0.453 e. The summed E-state index contributed by atoms with van der Waals surface area (Å²) in [5.41, 5.74) is 2.42. The summed E-state index contributed by atoms with van der Waals surface area (Å²) in [7, 11) is 3.22. The van der Waals surface area contributed by atoms with Crippen LogP contribution in [0, 0.1) is 5.92 Å². The highest BCUT2D eigenvalue weighted by atomic mass is 35.5. The van der Waals surface area contributed by atoms with Crippen molar-refractivity contribution >= 4 is 34.9 Å². The second-order valence-electron chi connectivity index (χ2n) is 10.5. The van der Waals surface area contributed by atoms with Crippen LogP contribution in [0.1, 0.15) is 58.3 Å². The quantitative estimate of drug-likeness (QED) is 0.228. The van der Waals surface area contributed by atoms with E-state index < -0.39 is 11.7 Å². The molecule has 1 aromatic heterocycles. The lowest BCUT2D eigenvalue weighted by Gasteiger charge is -2.43. The minimum absolute atomic E-state index is 0.00118. The summed E-state index contributed by atoms with van der Waals surface area (Å²) < 4.78 is 4.72. The zero-order valence-corrected chi connectivity index (χ0v) is 25.6. The number of aliphatic hydroxyl groups is 1. The van der Waals surface area contributed by atoms with Crippen LogP contribution >= 0.6 is 22.9 Å². The van der Waals surface area contributed by atoms with Gasteiger partial charge in [0.15, 0.2) is 0 Å². The summed E-state index contributed by atoms with van der Waals surface area (Å²) >= 11 is 8.37. The van der Waals surface area contributed by atoms with Crippen molar-refractivity contribution in [2.45, 2.75) is 51.2 Å². The Labute approximate surface area is 251 Å². The molecule has 41 heavy (non-hydrogen) atoms. The first-order valence-corrected chi connectivity index (χ1v) is 15.4. The first kappa shape index (κ1) is 31.0. The van der Waals surface area contributed by atoms with Gasteiger partial charge < -0.3 is 25.4 Å². The Hall–Kier alpha value is -2.91. The van der Waals surface area contributed by atoms with Gasteiger partial charge in [0, 0.05) is 47.6 Å². The van der Waals surface area contributed by atoms with E-state index in [9.17, 15) is 14.7 Å². The molecular weight excluding hydrogens is 558 g/mol. The van der Waals surface area contributed by atoms with Crippen LogP contribution < -0.4 is 10.6 Å². The van der Waals surface area contributed by atoms with Crippen LogP contribution in [0.4, 0.5) is 4.79 Å². The van der Waals surface area contributed by atoms with E-state index in [2.05, 4.69) is 29.7 Å². The summed E-state index contributed by atoms with van der Waals surface area (Å²) in [6, 6.07) is 17.8. The smallest absolute Gasteiger partial charge is 0.406 e. The zero-order chi connectivity index (χ0) is 29.4. The molecule has 3 N–H and O–H groups in total. The van der Waals surface area contributed by atoms with Crippen LogP contribution in [-0.4, -0.2) is 55.8 Å². The molecule has 1 saturated heterocycles. The molecule has 3 aromatic rings. The number of halogens is 1. The number of hydrogen-bond donors (Lipinski definition) is 3. The predicted molar refractivity (Wildman–Crippen MR) is 166 cm³/mol. The molecule has 0 saturated carbocycles. The average Bonchev–Trinajstić information content (AvgIpc) is 3.47. The number of amides is 2. The minimum atomic E-state index is -1.29. The molecule has 1 aliphatic rings. The number of carbonyl (C=O) groups is 2. The Balaban J connectivity index is 1.69. The van der Waals surface area contributed by atoms with Crippen molar-refractivity contribution in [3.05, 3.63) is 80.5 Å². The maximum atomic E-state index is 13.6. The van der Waals surface area contributed by atoms with Gasteiger partial charge in [-0.3, -0.25) is 4.79 Å². The number of methoxy groups -OCH3 is 1. The van der Waals surface area contributed by atoms with Gasteiger partial charge in [-0.1, -0.05) is 54.9 Å². The number of benzene rings is 2. The molecule has 1 aliphatic heterocycles. The summed E-state index contributed by atoms with van der Waals surface area (Å²) in [4.78, 5) is 28.9. The van der Waals surface area contributed by atoms with Gasteiger partial charge in [0.05, 0.1) is 17.6 Å². The third kappa shape index (κ3) is 7.30. The SMILES string of the molecule is CCc1cccc(-c2c(Cl)cccc2[C@](O)(CCCNC(=O)OC)[C@@H]2CCCN(C(=O)c3ccc(CNC)s3)C2)c1. The molecule has 4 rings (SSSR count). The standard InChI is InChI=1S/C32H40ClN3O4S/c1-4-22-9-5-10-23(19-22)29-26(12-6-13-27(29)33)32(39,16-8-17-35-31(38)40-3)24-11-7-18-36(21-24)30(37)28-15-14-25(41-28)20-34-2/h5-6,9-10,12-15,19,24,34,39H,4,7-8,11,16-18,20-21H2,1-3H3,(H,35,38)/t24-,32+/m1/s1. The normalized spacial score (nSPS) is 16.7. The predicted octanol–water partition coefficient (Wildman–Crippen LogP) is 6.23. The van der Waals surface area contributed by atoms with Crippen LogP contribution in [0.2, 0.25) is 5.02 Å². The Morgan fingerprint density at radius 3 is 2.76 bits per heavy atom. The number of alkyl carbamates (subject to hydrolysis) is 1. The Kier molecular flexibility index (Phi) is 10.8. The van der Waals surface area contributed by atoms with E-state index in [1.165, 1.54) is 24.0 Å². The molecule has 2 amide bonds. The van der Waals surface area contributed by atoms with Gasteiger partial charge in [-0.2, -0.15) is 0 Å². The van der Waals surface area contributed by atoms with E-state index in [0.29, 0.717) is 42.4 Å². The number of nitrogens with one attached hydrogen (secondary N) is 2. The van der Waals surface area contributed by atoms with Crippen molar-refractivity contribution in [1.82, 2.24) is 15.5 Å². The van der Waals surface area contributed by atoms with Crippen molar-refractivity contribution in [3.8, 4) is 11.1 Å². The number of rotatable bonds is 11. The van der Waals surface area contributed by atoms with Crippen LogP contribution in [-0.2, 0) is 23.3 Å². The molecule has 9 heteroatoms. The van der Waals surface area contributed by atoms with Crippen LogP contribution in [0.15, 0.2) is 54.6 Å². The molecule has 0 unspecified atom stereocenters. The minimum Gasteiger partial charge on any atom is -0.453 e. The number of piperidine rings is 1. The highest BCUT2D eigenvalue weighted by Gasteiger charge is 2.43. The monoisotopic (exact) mass is 597 g/mol. The average molecular weight is 598 g/mol. The fourth-order valence-electron chi connectivity index (χ4n) is 5.77. The lowest BCUT2D eigenvalue weighted by Crippen LogP contribution is -2.48. The Bertz CT molecular complexity index is 1350. The number of nitrogens with zero attached hydrogens (tertiary/aromatic N) is 1. The molecule has 0 bridgehead atoms. The van der Waals surface area contributed by atoms with E-state index in [0.717, 1.165) is 47.4 Å². The fourth-order valence-corrected chi connectivity index (χ4v) is 7.04. The van der Waals surface area contributed by atoms with Gasteiger partial charge in [-0.25, -0.2) is 4.79 Å². The van der Waals surface area contributed by atoms with Gasteiger partial charge in [-0.05, 0) is 74.0 Å². The Morgan fingerprint density at radius 1 is 1.20 bits per heavy atom. The molecule has 2 aromatic carbocycles. The first-order chi connectivity index (χ1) is 19.8. The molecule has 0 radical (unpaired) electrons. The van der Waals surface area contributed by atoms with Crippen LogP contribution in [0.25, 0.3) is 11.1 Å². The lowest BCUT2D eigenvalue weighted by molar-refractivity contribution is -0.0562. The van der Waals surface area contributed by atoms with E-state index in [1.807, 2.05) is 54.4 Å². The van der Waals surface area contributed by atoms with E-state index >= 15 is 0 Å². The Morgan fingerprint density at radius 2 is 2.00 bits per heavy atom. The summed E-state index contributed by atoms with van der Waals surface area (Å²) in [5, 5.41) is 19.2. The van der Waals surface area contributed by atoms with Crippen molar-refractivity contribution in [3.63, 3.8) is 0 Å². The topological polar surface area (TPSA) is 90.9 Å². The molecular formula is C32H40ClN3O4S. The van der Waals surface area contributed by atoms with Gasteiger partial charge in [0.25, 0.3) is 5.91 Å². The third-order valence-corrected chi connectivity index (χ3v) is 9.29. The fraction of sp³-hybridized carbons (Fsp3) is 0.438. The van der Waals surface area contributed by atoms with Crippen molar-refractivity contribution in [1.29, 1.82) is 0 Å². The lowest BCUT2D eigenvalue weighted by atomic mass is 9.72. The molecule has 7 nitrogen and oxygen atoms in total. The maximum absolute atomic E-state index is 13.6. The second-order valence-corrected chi connectivity index (χ2v) is 12.1. The van der Waals surface area contributed by atoms with Crippen LogP contribution in [0.5, 0.6) is 0 Å². The molecule has 220 valence electrons. The second kappa shape index (κ2) is 14.3. The van der Waals surface area contributed by atoms with Gasteiger partial charge >= 0.3 is 6.09 Å². The number of aryl methyl sites for hydroxylation is 1. The maximum Gasteiger partial charge on any atom is 0.406 e. The van der Waals surface area contributed by atoms with Gasteiger partial charge in [0.1, 0.15) is 0 Å². The molecule has 0 aliphatic carbocycles.